The highest BCUT2D eigenvalue weighted by atomic mass is 127. The molecule has 0 aromatic heterocycles. The number of rotatable bonds is 6. The fraction of sp³-hybridized carbons (Fsp3) is 0.300. The number of hydrogen-bond acceptors (Lipinski definition) is 2. The Morgan fingerprint density at radius 1 is 1.04 bits per heavy atom. The van der Waals surface area contributed by atoms with Crippen LogP contribution in [0, 0.1) is 13.8 Å². The SMILES string of the molecule is CN=C(NCCNC(=O)c1ccccc1Cl)NCc1ccc(C)cc1C.I. The Hall–Kier alpha value is -1.80. The average Bonchev–Trinajstić information content (AvgIpc) is 2.62. The first kappa shape index (κ1) is 23.2. The summed E-state index contributed by atoms with van der Waals surface area (Å²) < 4.78 is 0. The average molecular weight is 501 g/mol. The fourth-order valence-corrected chi connectivity index (χ4v) is 2.76. The minimum absolute atomic E-state index is 0. The van der Waals surface area contributed by atoms with Crippen molar-refractivity contribution in [3.8, 4) is 0 Å². The van der Waals surface area contributed by atoms with E-state index in [1.807, 2.05) is 0 Å². The minimum atomic E-state index is -0.185. The van der Waals surface area contributed by atoms with Gasteiger partial charge in [-0.05, 0) is 37.1 Å². The third-order valence-corrected chi connectivity index (χ3v) is 4.32. The molecule has 0 atom stereocenters. The molecule has 0 bridgehead atoms. The van der Waals surface area contributed by atoms with E-state index in [1.54, 1.807) is 31.3 Å². The lowest BCUT2D eigenvalue weighted by molar-refractivity contribution is 0.0954. The maximum atomic E-state index is 12.1. The summed E-state index contributed by atoms with van der Waals surface area (Å²) in [7, 11) is 1.72. The van der Waals surface area contributed by atoms with Crippen LogP contribution < -0.4 is 16.0 Å². The van der Waals surface area contributed by atoms with E-state index in [4.69, 9.17) is 11.6 Å². The molecule has 0 saturated heterocycles. The number of carbonyl (C=O) groups is 1. The molecule has 3 N–H and O–H groups in total. The number of nitrogens with one attached hydrogen (secondary N) is 3. The minimum Gasteiger partial charge on any atom is -0.355 e. The molecule has 5 nitrogen and oxygen atoms in total. The van der Waals surface area contributed by atoms with Crippen LogP contribution in [0.1, 0.15) is 27.0 Å². The molecule has 0 heterocycles. The molecular formula is C20H26ClIN4O. The Labute approximate surface area is 183 Å². The van der Waals surface area contributed by atoms with Gasteiger partial charge in [0.1, 0.15) is 0 Å². The molecule has 0 saturated carbocycles. The van der Waals surface area contributed by atoms with Crippen molar-refractivity contribution >= 4 is 47.4 Å². The zero-order valence-electron chi connectivity index (χ0n) is 15.8. The number of amides is 1. The zero-order valence-corrected chi connectivity index (χ0v) is 18.9. The van der Waals surface area contributed by atoms with Crippen LogP contribution in [0.15, 0.2) is 47.5 Å². The maximum Gasteiger partial charge on any atom is 0.252 e. The van der Waals surface area contributed by atoms with Crippen molar-refractivity contribution in [1.82, 2.24) is 16.0 Å². The van der Waals surface area contributed by atoms with Crippen LogP contribution in [0.25, 0.3) is 0 Å². The lowest BCUT2D eigenvalue weighted by atomic mass is 10.1. The first-order valence-corrected chi connectivity index (χ1v) is 8.92. The molecule has 0 aliphatic carbocycles. The van der Waals surface area contributed by atoms with Gasteiger partial charge in [-0.3, -0.25) is 9.79 Å². The van der Waals surface area contributed by atoms with Gasteiger partial charge >= 0.3 is 0 Å². The predicted molar refractivity (Wildman–Crippen MR) is 123 cm³/mol. The second kappa shape index (κ2) is 11.8. The van der Waals surface area contributed by atoms with Crippen LogP contribution in [0.3, 0.4) is 0 Å². The first-order chi connectivity index (χ1) is 12.5. The molecule has 2 aromatic rings. The summed E-state index contributed by atoms with van der Waals surface area (Å²) in [6.07, 6.45) is 0. The van der Waals surface area contributed by atoms with Crippen molar-refractivity contribution in [2.45, 2.75) is 20.4 Å². The van der Waals surface area contributed by atoms with E-state index in [0.717, 1.165) is 0 Å². The van der Waals surface area contributed by atoms with E-state index in [2.05, 4.69) is 53.0 Å². The van der Waals surface area contributed by atoms with Gasteiger partial charge in [0.25, 0.3) is 5.91 Å². The molecule has 0 spiro atoms. The van der Waals surface area contributed by atoms with Crippen molar-refractivity contribution in [3.63, 3.8) is 0 Å². The van der Waals surface area contributed by atoms with Gasteiger partial charge in [0.05, 0.1) is 10.6 Å². The summed E-state index contributed by atoms with van der Waals surface area (Å²) in [5.74, 6) is 0.507. The molecule has 1 amide bonds. The third-order valence-electron chi connectivity index (χ3n) is 3.99. The maximum absolute atomic E-state index is 12.1. The number of carbonyl (C=O) groups excluding carboxylic acids is 1. The molecule has 7 heteroatoms. The monoisotopic (exact) mass is 500 g/mol. The largest absolute Gasteiger partial charge is 0.355 e. The van der Waals surface area contributed by atoms with Crippen LogP contribution >= 0.6 is 35.6 Å². The van der Waals surface area contributed by atoms with Gasteiger partial charge in [-0.2, -0.15) is 0 Å². The summed E-state index contributed by atoms with van der Waals surface area (Å²) in [4.78, 5) is 16.3. The Bertz CT molecular complexity index is 795. The molecule has 146 valence electrons. The fourth-order valence-electron chi connectivity index (χ4n) is 2.54. The number of halogens is 2. The van der Waals surface area contributed by atoms with Crippen molar-refractivity contribution in [1.29, 1.82) is 0 Å². The third kappa shape index (κ3) is 7.38. The van der Waals surface area contributed by atoms with Crippen LogP contribution in [0.4, 0.5) is 0 Å². The van der Waals surface area contributed by atoms with Crippen LogP contribution in [0.2, 0.25) is 5.02 Å². The lowest BCUT2D eigenvalue weighted by Gasteiger charge is -2.14. The van der Waals surface area contributed by atoms with Gasteiger partial charge < -0.3 is 16.0 Å². The van der Waals surface area contributed by atoms with Gasteiger partial charge in [0.2, 0.25) is 0 Å². The number of nitrogens with zero attached hydrogens (tertiary/aromatic N) is 1. The summed E-state index contributed by atoms with van der Waals surface area (Å²) in [5.41, 5.74) is 4.21. The van der Waals surface area contributed by atoms with E-state index in [9.17, 15) is 4.79 Å². The molecule has 0 aliphatic rings. The number of benzene rings is 2. The zero-order chi connectivity index (χ0) is 18.9. The highest BCUT2D eigenvalue weighted by Crippen LogP contribution is 2.14. The van der Waals surface area contributed by atoms with Crippen LogP contribution in [0.5, 0.6) is 0 Å². The molecule has 0 unspecified atom stereocenters. The van der Waals surface area contributed by atoms with Gasteiger partial charge in [-0.15, -0.1) is 24.0 Å². The predicted octanol–water partition coefficient (Wildman–Crippen LogP) is 3.67. The molecule has 0 radical (unpaired) electrons. The highest BCUT2D eigenvalue weighted by Gasteiger charge is 2.08. The number of aryl methyl sites for hydroxylation is 2. The number of guanidine groups is 1. The Morgan fingerprint density at radius 2 is 1.74 bits per heavy atom. The quantitative estimate of drug-likeness (QED) is 0.245. The Morgan fingerprint density at radius 3 is 2.41 bits per heavy atom. The summed E-state index contributed by atoms with van der Waals surface area (Å²) in [6.45, 7) is 5.90. The molecule has 0 fully saturated rings. The lowest BCUT2D eigenvalue weighted by Crippen LogP contribution is -2.41. The van der Waals surface area contributed by atoms with Gasteiger partial charge in [0.15, 0.2) is 5.96 Å². The summed E-state index contributed by atoms with van der Waals surface area (Å²) in [6, 6.07) is 13.4. The summed E-state index contributed by atoms with van der Waals surface area (Å²) in [5, 5.41) is 9.75. The van der Waals surface area contributed by atoms with Crippen LogP contribution in [-0.2, 0) is 6.54 Å². The normalized spacial score (nSPS) is 10.7. The molecule has 0 aliphatic heterocycles. The van der Waals surface area contributed by atoms with Crippen molar-refractivity contribution in [2.75, 3.05) is 20.1 Å². The second-order valence-electron chi connectivity index (χ2n) is 6.02. The van der Waals surface area contributed by atoms with Crippen molar-refractivity contribution in [3.05, 3.63) is 69.7 Å². The Kier molecular flexibility index (Phi) is 10.2. The van der Waals surface area contributed by atoms with Gasteiger partial charge in [0, 0.05) is 26.7 Å². The van der Waals surface area contributed by atoms with E-state index in [0.29, 0.717) is 36.2 Å². The van der Waals surface area contributed by atoms with E-state index in [-0.39, 0.29) is 29.9 Å². The summed E-state index contributed by atoms with van der Waals surface area (Å²) >= 11 is 6.02. The molecule has 2 rings (SSSR count). The van der Waals surface area contributed by atoms with Crippen molar-refractivity contribution < 1.29 is 4.79 Å². The molecular weight excluding hydrogens is 475 g/mol. The highest BCUT2D eigenvalue weighted by molar-refractivity contribution is 14.0. The van der Waals surface area contributed by atoms with E-state index >= 15 is 0 Å². The standard InChI is InChI=1S/C20H25ClN4O.HI/c1-14-8-9-16(15(2)12-14)13-25-20(22-3)24-11-10-23-19(26)17-6-4-5-7-18(17)21;/h4-9,12H,10-11,13H2,1-3H3,(H,23,26)(H2,22,24,25);1H. The molecule has 27 heavy (non-hydrogen) atoms. The number of aliphatic imine (C=N–C) groups is 1. The smallest absolute Gasteiger partial charge is 0.252 e. The van der Waals surface area contributed by atoms with E-state index in [1.165, 1.54) is 16.7 Å². The van der Waals surface area contributed by atoms with E-state index < -0.39 is 0 Å². The molecule has 2 aromatic carbocycles. The van der Waals surface area contributed by atoms with Gasteiger partial charge in [-0.1, -0.05) is 47.5 Å². The topological polar surface area (TPSA) is 65.5 Å². The van der Waals surface area contributed by atoms with Gasteiger partial charge in [-0.25, -0.2) is 0 Å². The van der Waals surface area contributed by atoms with Crippen LogP contribution in [-0.4, -0.2) is 32.0 Å². The van der Waals surface area contributed by atoms with Crippen molar-refractivity contribution in [2.24, 2.45) is 4.99 Å². The second-order valence-corrected chi connectivity index (χ2v) is 6.43. The Balaban J connectivity index is 0.00000364. The first-order valence-electron chi connectivity index (χ1n) is 8.54. The number of hydrogen-bond donors (Lipinski definition) is 3.